The Morgan fingerprint density at radius 1 is 1.11 bits per heavy atom. The van der Waals surface area contributed by atoms with Gasteiger partial charge in [0.1, 0.15) is 0 Å². The quantitative estimate of drug-likeness (QED) is 0.691. The van der Waals surface area contributed by atoms with E-state index in [-0.39, 0.29) is 11.9 Å². The molecule has 7 heteroatoms. The molecule has 28 heavy (non-hydrogen) atoms. The lowest BCUT2D eigenvalue weighted by Gasteiger charge is -2.40. The standard InChI is InChI=1S/C21H32N4O3/c1-2-28-20(26)9-12-23-18-5-3-17(4-6-18)21(27)25-15-13-24(14-16-25)19-7-10-22-11-8-19/h3-6,19,22-23H,2,7-16H2,1H3. The van der Waals surface area contributed by atoms with Crippen LogP contribution >= 0.6 is 0 Å². The maximum absolute atomic E-state index is 12.8. The first-order valence-electron chi connectivity index (χ1n) is 10.4. The number of ether oxygens (including phenoxy) is 1. The first-order valence-corrected chi connectivity index (χ1v) is 10.4. The van der Waals surface area contributed by atoms with Crippen LogP contribution in [0.5, 0.6) is 0 Å². The summed E-state index contributed by atoms with van der Waals surface area (Å²) in [5.74, 6) is -0.103. The second-order valence-electron chi connectivity index (χ2n) is 7.37. The summed E-state index contributed by atoms with van der Waals surface area (Å²) in [6.07, 6.45) is 2.74. The van der Waals surface area contributed by atoms with Crippen molar-refractivity contribution in [2.75, 3.05) is 57.7 Å². The number of piperazine rings is 1. The molecule has 0 atom stereocenters. The fourth-order valence-electron chi connectivity index (χ4n) is 3.92. The predicted octanol–water partition coefficient (Wildman–Crippen LogP) is 1.56. The number of rotatable bonds is 7. The SMILES string of the molecule is CCOC(=O)CCNc1ccc(C(=O)N2CCN(C3CCNCC3)CC2)cc1. The minimum Gasteiger partial charge on any atom is -0.466 e. The van der Waals surface area contributed by atoms with Gasteiger partial charge in [-0.05, 0) is 57.1 Å². The number of nitrogens with one attached hydrogen (secondary N) is 2. The maximum atomic E-state index is 12.8. The van der Waals surface area contributed by atoms with Crippen LogP contribution in [-0.2, 0) is 9.53 Å². The normalized spacial score (nSPS) is 18.7. The number of esters is 1. The zero-order valence-electron chi connectivity index (χ0n) is 16.8. The lowest BCUT2D eigenvalue weighted by atomic mass is 10.0. The number of carbonyl (C=O) groups is 2. The lowest BCUT2D eigenvalue weighted by molar-refractivity contribution is -0.142. The molecule has 1 aromatic rings. The van der Waals surface area contributed by atoms with E-state index in [2.05, 4.69) is 15.5 Å². The summed E-state index contributed by atoms with van der Waals surface area (Å²) in [4.78, 5) is 28.6. The molecule has 0 aliphatic carbocycles. The Hall–Kier alpha value is -2.12. The van der Waals surface area contributed by atoms with Crippen LogP contribution in [0.25, 0.3) is 0 Å². The Morgan fingerprint density at radius 2 is 1.79 bits per heavy atom. The third-order valence-corrected chi connectivity index (χ3v) is 5.52. The first kappa shape index (κ1) is 20.6. The molecule has 0 saturated carbocycles. The van der Waals surface area contributed by atoms with Crippen LogP contribution in [-0.4, -0.2) is 80.1 Å². The molecule has 0 spiro atoms. The van der Waals surface area contributed by atoms with E-state index in [4.69, 9.17) is 4.74 Å². The molecule has 0 bridgehead atoms. The van der Waals surface area contributed by atoms with E-state index < -0.39 is 0 Å². The number of hydrogen-bond donors (Lipinski definition) is 2. The van der Waals surface area contributed by atoms with Gasteiger partial charge < -0.3 is 20.3 Å². The van der Waals surface area contributed by atoms with Gasteiger partial charge in [-0.15, -0.1) is 0 Å². The largest absolute Gasteiger partial charge is 0.466 e. The summed E-state index contributed by atoms with van der Waals surface area (Å²) < 4.78 is 4.91. The number of piperidine rings is 1. The molecule has 0 unspecified atom stereocenters. The van der Waals surface area contributed by atoms with Crippen molar-refractivity contribution in [1.82, 2.24) is 15.1 Å². The zero-order chi connectivity index (χ0) is 19.8. The van der Waals surface area contributed by atoms with Crippen LogP contribution in [0.3, 0.4) is 0 Å². The number of amides is 1. The van der Waals surface area contributed by atoms with Crippen molar-refractivity contribution in [1.29, 1.82) is 0 Å². The molecule has 3 rings (SSSR count). The molecule has 1 aromatic carbocycles. The fourth-order valence-corrected chi connectivity index (χ4v) is 3.92. The Labute approximate surface area is 167 Å². The summed E-state index contributed by atoms with van der Waals surface area (Å²) in [6, 6.07) is 8.16. The van der Waals surface area contributed by atoms with Crippen LogP contribution in [0.15, 0.2) is 24.3 Å². The van der Waals surface area contributed by atoms with Gasteiger partial charge in [-0.25, -0.2) is 0 Å². The molecule has 7 nitrogen and oxygen atoms in total. The van der Waals surface area contributed by atoms with Crippen molar-refractivity contribution in [3.05, 3.63) is 29.8 Å². The Kier molecular flexibility index (Phi) is 7.68. The number of benzene rings is 1. The average Bonchev–Trinajstić information content (AvgIpc) is 2.75. The molecule has 2 N–H and O–H groups in total. The summed E-state index contributed by atoms with van der Waals surface area (Å²) in [5.41, 5.74) is 1.61. The van der Waals surface area contributed by atoms with Gasteiger partial charge in [-0.2, -0.15) is 0 Å². The van der Waals surface area contributed by atoms with E-state index in [1.165, 1.54) is 12.8 Å². The van der Waals surface area contributed by atoms with Gasteiger partial charge in [0.2, 0.25) is 0 Å². The van der Waals surface area contributed by atoms with Gasteiger partial charge in [0, 0.05) is 50.0 Å². The molecule has 2 saturated heterocycles. The highest BCUT2D eigenvalue weighted by Gasteiger charge is 2.27. The van der Waals surface area contributed by atoms with E-state index >= 15 is 0 Å². The Balaban J connectivity index is 1.44. The monoisotopic (exact) mass is 388 g/mol. The second-order valence-corrected chi connectivity index (χ2v) is 7.37. The highest BCUT2D eigenvalue weighted by atomic mass is 16.5. The minimum absolute atomic E-state index is 0.100. The van der Waals surface area contributed by atoms with Crippen molar-refractivity contribution in [3.8, 4) is 0 Å². The van der Waals surface area contributed by atoms with Crippen LogP contribution in [0.2, 0.25) is 0 Å². The van der Waals surface area contributed by atoms with Gasteiger partial charge in [-0.3, -0.25) is 14.5 Å². The number of carbonyl (C=O) groups excluding carboxylic acids is 2. The first-order chi connectivity index (χ1) is 13.7. The van der Waals surface area contributed by atoms with Crippen molar-refractivity contribution in [2.45, 2.75) is 32.2 Å². The second kappa shape index (κ2) is 10.4. The molecule has 2 heterocycles. The Bertz CT molecular complexity index is 636. The summed E-state index contributed by atoms with van der Waals surface area (Å²) in [5, 5.41) is 6.60. The zero-order valence-corrected chi connectivity index (χ0v) is 16.8. The summed E-state index contributed by atoms with van der Waals surface area (Å²) in [7, 11) is 0. The molecule has 2 fully saturated rings. The smallest absolute Gasteiger partial charge is 0.307 e. The van der Waals surface area contributed by atoms with Crippen molar-refractivity contribution in [3.63, 3.8) is 0 Å². The van der Waals surface area contributed by atoms with E-state index in [1.54, 1.807) is 6.92 Å². The van der Waals surface area contributed by atoms with Crippen molar-refractivity contribution < 1.29 is 14.3 Å². The Morgan fingerprint density at radius 3 is 2.43 bits per heavy atom. The predicted molar refractivity (Wildman–Crippen MR) is 110 cm³/mol. The van der Waals surface area contributed by atoms with Gasteiger partial charge in [0.05, 0.1) is 13.0 Å². The van der Waals surface area contributed by atoms with E-state index in [9.17, 15) is 9.59 Å². The highest BCUT2D eigenvalue weighted by Crippen LogP contribution is 2.17. The van der Waals surface area contributed by atoms with Gasteiger partial charge >= 0.3 is 5.97 Å². The van der Waals surface area contributed by atoms with Crippen molar-refractivity contribution >= 4 is 17.6 Å². The van der Waals surface area contributed by atoms with Crippen LogP contribution in [0, 0.1) is 0 Å². The molecule has 2 aliphatic heterocycles. The van der Waals surface area contributed by atoms with Gasteiger partial charge in [0.25, 0.3) is 5.91 Å². The third-order valence-electron chi connectivity index (χ3n) is 5.52. The number of hydrogen-bond acceptors (Lipinski definition) is 6. The van der Waals surface area contributed by atoms with Crippen LogP contribution in [0.4, 0.5) is 5.69 Å². The van der Waals surface area contributed by atoms with Crippen molar-refractivity contribution in [2.24, 2.45) is 0 Å². The van der Waals surface area contributed by atoms with E-state index in [0.29, 0.717) is 31.2 Å². The lowest BCUT2D eigenvalue weighted by Crippen LogP contribution is -2.53. The average molecular weight is 389 g/mol. The molecule has 0 aromatic heterocycles. The molecular weight excluding hydrogens is 356 g/mol. The van der Waals surface area contributed by atoms with E-state index in [0.717, 1.165) is 45.0 Å². The summed E-state index contributed by atoms with van der Waals surface area (Å²) >= 11 is 0. The number of anilines is 1. The van der Waals surface area contributed by atoms with Crippen LogP contribution in [0.1, 0.15) is 36.5 Å². The molecular formula is C21H32N4O3. The highest BCUT2D eigenvalue weighted by molar-refractivity contribution is 5.94. The topological polar surface area (TPSA) is 73.9 Å². The fraction of sp³-hybridized carbons (Fsp3) is 0.619. The molecule has 154 valence electrons. The summed E-state index contributed by atoms with van der Waals surface area (Å²) in [6.45, 7) is 8.44. The van der Waals surface area contributed by atoms with Gasteiger partial charge in [-0.1, -0.05) is 0 Å². The molecule has 2 aliphatic rings. The third kappa shape index (κ3) is 5.69. The van der Waals surface area contributed by atoms with Gasteiger partial charge in [0.15, 0.2) is 0 Å². The minimum atomic E-state index is -0.203. The molecule has 1 amide bonds. The maximum Gasteiger partial charge on any atom is 0.307 e. The van der Waals surface area contributed by atoms with E-state index in [1.807, 2.05) is 29.2 Å². The van der Waals surface area contributed by atoms with Crippen LogP contribution < -0.4 is 10.6 Å². The number of nitrogens with zero attached hydrogens (tertiary/aromatic N) is 2. The molecule has 0 radical (unpaired) electrons.